The van der Waals surface area contributed by atoms with Gasteiger partial charge in [-0.25, -0.2) is 4.98 Å². The molecule has 1 aromatic rings. The zero-order valence-electron chi connectivity index (χ0n) is 12.9. The Kier molecular flexibility index (Phi) is 3.65. The van der Waals surface area contributed by atoms with Gasteiger partial charge >= 0.3 is 5.97 Å². The lowest BCUT2D eigenvalue weighted by atomic mass is 9.79. The predicted octanol–water partition coefficient (Wildman–Crippen LogP) is 2.08. The van der Waals surface area contributed by atoms with Crippen LogP contribution in [0.1, 0.15) is 36.8 Å². The van der Waals surface area contributed by atoms with Crippen LogP contribution in [-0.2, 0) is 27.2 Å². The first kappa shape index (κ1) is 15.1. The number of carbonyl (C=O) groups is 2. The van der Waals surface area contributed by atoms with Crippen molar-refractivity contribution in [2.24, 2.45) is 17.8 Å². The lowest BCUT2D eigenvalue weighted by Gasteiger charge is -2.23. The van der Waals surface area contributed by atoms with Crippen molar-refractivity contribution in [1.82, 2.24) is 4.98 Å². The average Bonchev–Trinajstić information content (AvgIpc) is 3.18. The number of thiazole rings is 1. The van der Waals surface area contributed by atoms with Crippen molar-refractivity contribution >= 4 is 28.3 Å². The van der Waals surface area contributed by atoms with Crippen LogP contribution in [0.4, 0.5) is 5.13 Å². The Balaban J connectivity index is 1.51. The van der Waals surface area contributed by atoms with Crippen LogP contribution in [-0.4, -0.2) is 34.2 Å². The largest absolute Gasteiger partial charge is 0.481 e. The fourth-order valence-corrected chi connectivity index (χ4v) is 5.28. The van der Waals surface area contributed by atoms with Gasteiger partial charge in [-0.15, -0.1) is 11.3 Å². The monoisotopic (exact) mass is 336 g/mol. The van der Waals surface area contributed by atoms with Crippen LogP contribution in [0, 0.1) is 17.8 Å². The summed E-state index contributed by atoms with van der Waals surface area (Å²) in [5.74, 6) is -1.88. The number of fused-ring (bicyclic) bond motifs is 3. The highest BCUT2D eigenvalue weighted by Gasteiger charge is 2.55. The summed E-state index contributed by atoms with van der Waals surface area (Å²) in [5, 5.41) is 12.9. The molecule has 0 saturated carbocycles. The van der Waals surface area contributed by atoms with Crippen molar-refractivity contribution in [2.45, 2.75) is 51.2 Å². The quantitative estimate of drug-likeness (QED) is 0.882. The van der Waals surface area contributed by atoms with Crippen LogP contribution in [0.5, 0.6) is 0 Å². The van der Waals surface area contributed by atoms with E-state index in [1.807, 2.05) is 0 Å². The molecule has 124 valence electrons. The Morgan fingerprint density at radius 3 is 2.74 bits per heavy atom. The molecule has 3 heterocycles. The van der Waals surface area contributed by atoms with Gasteiger partial charge in [0.1, 0.15) is 0 Å². The van der Waals surface area contributed by atoms with E-state index in [2.05, 4.69) is 17.2 Å². The standard InChI is InChI=1S/C16H20N2O4S/c1-7-2-3-8-11(6-7)23-16(17-8)18-14(19)12-9-4-5-10(22-9)13(12)15(20)21/h7,9-10,12-13H,2-6H2,1H3,(H,20,21)(H,17,18,19)/t7-,9-,10+,12-,13-/m0/s1. The molecule has 23 heavy (non-hydrogen) atoms. The maximum Gasteiger partial charge on any atom is 0.310 e. The Morgan fingerprint density at radius 1 is 1.26 bits per heavy atom. The van der Waals surface area contributed by atoms with Gasteiger partial charge in [0, 0.05) is 4.88 Å². The molecular weight excluding hydrogens is 316 g/mol. The van der Waals surface area contributed by atoms with Crippen LogP contribution in [0.15, 0.2) is 0 Å². The summed E-state index contributed by atoms with van der Waals surface area (Å²) in [7, 11) is 0. The van der Waals surface area contributed by atoms with E-state index < -0.39 is 17.8 Å². The zero-order valence-corrected chi connectivity index (χ0v) is 13.8. The summed E-state index contributed by atoms with van der Waals surface area (Å²) in [6.07, 6.45) is 4.00. The Labute approximate surface area is 138 Å². The number of hydrogen-bond acceptors (Lipinski definition) is 5. The Hall–Kier alpha value is -1.47. The number of amides is 1. The number of aliphatic carboxylic acids is 1. The van der Waals surface area contributed by atoms with Gasteiger partial charge in [0.05, 0.1) is 29.7 Å². The van der Waals surface area contributed by atoms with Crippen molar-refractivity contribution in [3.8, 4) is 0 Å². The average molecular weight is 336 g/mol. The predicted molar refractivity (Wildman–Crippen MR) is 84.4 cm³/mol. The number of aryl methyl sites for hydroxylation is 1. The first-order valence-corrected chi connectivity index (χ1v) is 9.02. The van der Waals surface area contributed by atoms with E-state index >= 15 is 0 Å². The van der Waals surface area contributed by atoms with Crippen LogP contribution < -0.4 is 5.32 Å². The van der Waals surface area contributed by atoms with Gasteiger partial charge in [-0.3, -0.25) is 9.59 Å². The van der Waals surface area contributed by atoms with Gasteiger partial charge in [0.25, 0.3) is 0 Å². The van der Waals surface area contributed by atoms with E-state index in [-0.39, 0.29) is 18.1 Å². The van der Waals surface area contributed by atoms with E-state index in [9.17, 15) is 14.7 Å². The number of rotatable bonds is 3. The second-order valence-electron chi connectivity index (χ2n) is 6.91. The lowest BCUT2D eigenvalue weighted by Crippen LogP contribution is -2.40. The molecule has 1 aliphatic carbocycles. The minimum atomic E-state index is -0.940. The number of nitrogens with zero attached hydrogens (tertiary/aromatic N) is 1. The van der Waals surface area contributed by atoms with Crippen molar-refractivity contribution < 1.29 is 19.4 Å². The van der Waals surface area contributed by atoms with Crippen LogP contribution in [0.3, 0.4) is 0 Å². The fourth-order valence-electron chi connectivity index (χ4n) is 4.11. The molecule has 0 radical (unpaired) electrons. The summed E-state index contributed by atoms with van der Waals surface area (Å²) in [6, 6.07) is 0. The number of carbonyl (C=O) groups excluding carboxylic acids is 1. The van der Waals surface area contributed by atoms with Gasteiger partial charge < -0.3 is 15.2 Å². The number of aromatic nitrogens is 1. The van der Waals surface area contributed by atoms with Crippen LogP contribution in [0.2, 0.25) is 0 Å². The van der Waals surface area contributed by atoms with Gasteiger partial charge in [-0.2, -0.15) is 0 Å². The van der Waals surface area contributed by atoms with Gasteiger partial charge in [-0.1, -0.05) is 6.92 Å². The number of carboxylic acid groups (broad SMARTS) is 1. The molecule has 4 rings (SSSR count). The molecule has 6 nitrogen and oxygen atoms in total. The minimum Gasteiger partial charge on any atom is -0.481 e. The fraction of sp³-hybridized carbons (Fsp3) is 0.688. The van der Waals surface area contributed by atoms with E-state index in [4.69, 9.17) is 4.74 Å². The van der Waals surface area contributed by atoms with Crippen LogP contribution in [0.25, 0.3) is 0 Å². The highest BCUT2D eigenvalue weighted by atomic mass is 32.1. The molecule has 0 aromatic carbocycles. The number of ether oxygens (including phenoxy) is 1. The first-order chi connectivity index (χ1) is 11.0. The normalized spacial score (nSPS) is 35.1. The molecule has 0 spiro atoms. The molecule has 2 saturated heterocycles. The maximum atomic E-state index is 12.6. The molecule has 1 amide bonds. The minimum absolute atomic E-state index is 0.260. The summed E-state index contributed by atoms with van der Waals surface area (Å²) in [6.45, 7) is 2.23. The third-order valence-electron chi connectivity index (χ3n) is 5.28. The third-order valence-corrected chi connectivity index (χ3v) is 6.31. The highest BCUT2D eigenvalue weighted by Crippen LogP contribution is 2.44. The summed E-state index contributed by atoms with van der Waals surface area (Å²) >= 11 is 1.52. The van der Waals surface area contributed by atoms with Crippen molar-refractivity contribution in [3.63, 3.8) is 0 Å². The number of anilines is 1. The molecule has 2 fully saturated rings. The Morgan fingerprint density at radius 2 is 2.00 bits per heavy atom. The SMILES string of the molecule is C[C@H]1CCc2nc(NC(=O)[C@@H]3[C@@H](C(=O)O)[C@H]4CC[C@@H]3O4)sc2C1. The maximum absolute atomic E-state index is 12.6. The second-order valence-corrected chi connectivity index (χ2v) is 7.99. The molecule has 0 unspecified atom stereocenters. The molecule has 1 aromatic heterocycles. The molecule has 2 N–H and O–H groups in total. The highest BCUT2D eigenvalue weighted by molar-refractivity contribution is 7.15. The topological polar surface area (TPSA) is 88.5 Å². The van der Waals surface area contributed by atoms with E-state index in [0.717, 1.165) is 37.8 Å². The molecule has 3 aliphatic rings. The number of hydrogen-bond donors (Lipinski definition) is 2. The molecule has 5 atom stereocenters. The van der Waals surface area contributed by atoms with E-state index in [1.165, 1.54) is 16.2 Å². The summed E-state index contributed by atoms with van der Waals surface area (Å²) in [4.78, 5) is 29.9. The first-order valence-electron chi connectivity index (χ1n) is 8.20. The smallest absolute Gasteiger partial charge is 0.310 e. The summed E-state index contributed by atoms with van der Waals surface area (Å²) < 4.78 is 5.65. The van der Waals surface area contributed by atoms with Crippen molar-refractivity contribution in [2.75, 3.05) is 5.32 Å². The Bertz CT molecular complexity index is 659. The lowest BCUT2D eigenvalue weighted by molar-refractivity contribution is -0.147. The van der Waals surface area contributed by atoms with Crippen LogP contribution >= 0.6 is 11.3 Å². The molecule has 7 heteroatoms. The van der Waals surface area contributed by atoms with Crippen molar-refractivity contribution in [3.05, 3.63) is 10.6 Å². The van der Waals surface area contributed by atoms with Gasteiger partial charge in [0.15, 0.2) is 5.13 Å². The number of carboxylic acids is 1. The molecule has 2 bridgehead atoms. The van der Waals surface area contributed by atoms with Gasteiger partial charge in [-0.05, 0) is 38.0 Å². The molecular formula is C16H20N2O4S. The van der Waals surface area contributed by atoms with E-state index in [0.29, 0.717) is 11.0 Å². The van der Waals surface area contributed by atoms with E-state index in [1.54, 1.807) is 0 Å². The van der Waals surface area contributed by atoms with Gasteiger partial charge in [0.2, 0.25) is 5.91 Å². The van der Waals surface area contributed by atoms with Crippen molar-refractivity contribution in [1.29, 1.82) is 0 Å². The third kappa shape index (κ3) is 2.55. The second kappa shape index (κ2) is 5.56. The summed E-state index contributed by atoms with van der Waals surface area (Å²) in [5.41, 5.74) is 1.09. The molecule has 2 aliphatic heterocycles. The number of nitrogens with one attached hydrogen (secondary N) is 1. The zero-order chi connectivity index (χ0) is 16.1.